The lowest BCUT2D eigenvalue weighted by atomic mass is 10.1. The second-order valence-electron chi connectivity index (χ2n) is 7.47. The molecule has 2 aromatic carbocycles. The number of carbonyl (C=O) groups excluding carboxylic acids is 3. The number of hydrogen-bond acceptors (Lipinski definition) is 5. The number of carbonyl (C=O) groups is 3. The van der Waals surface area contributed by atoms with E-state index in [0.29, 0.717) is 23.8 Å². The molecule has 3 amide bonds. The molecule has 0 radical (unpaired) electrons. The second-order valence-corrected chi connectivity index (χ2v) is 8.50. The first-order chi connectivity index (χ1) is 14.3. The van der Waals surface area contributed by atoms with Crippen LogP contribution in [0.3, 0.4) is 0 Å². The van der Waals surface area contributed by atoms with Crippen LogP contribution in [0.2, 0.25) is 0 Å². The van der Waals surface area contributed by atoms with Crippen LogP contribution in [-0.2, 0) is 14.4 Å². The van der Waals surface area contributed by atoms with Crippen LogP contribution in [0.5, 0.6) is 0 Å². The molecule has 0 bridgehead atoms. The number of nitrogens with one attached hydrogen (secondary N) is 2. The van der Waals surface area contributed by atoms with E-state index < -0.39 is 5.92 Å². The molecule has 1 aliphatic heterocycles. The van der Waals surface area contributed by atoms with Crippen LogP contribution in [0, 0.1) is 19.8 Å². The molecule has 1 unspecified atom stereocenters. The van der Waals surface area contributed by atoms with Crippen LogP contribution in [0.15, 0.2) is 36.4 Å². The average molecular weight is 423 g/mol. The van der Waals surface area contributed by atoms with Crippen molar-refractivity contribution in [2.24, 2.45) is 5.92 Å². The fourth-order valence-corrected chi connectivity index (χ4v) is 4.43. The minimum absolute atomic E-state index is 0.152. The molecule has 8 heteroatoms. The predicted octanol–water partition coefficient (Wildman–Crippen LogP) is 3.86. The first-order valence-corrected chi connectivity index (χ1v) is 10.5. The molecule has 4 rings (SSSR count). The Morgan fingerprint density at radius 2 is 1.90 bits per heavy atom. The second kappa shape index (κ2) is 7.87. The van der Waals surface area contributed by atoms with Crippen molar-refractivity contribution in [3.05, 3.63) is 47.5 Å². The SMILES string of the molecule is CC(=O)Nc1ccc2nc(NC(=O)C3CCN(c4ccc(C)c(C)c4)C3=O)sc2c1. The number of anilines is 3. The first-order valence-electron chi connectivity index (χ1n) is 9.69. The van der Waals surface area contributed by atoms with E-state index in [4.69, 9.17) is 0 Å². The van der Waals surface area contributed by atoms with Gasteiger partial charge in [-0.1, -0.05) is 17.4 Å². The predicted molar refractivity (Wildman–Crippen MR) is 119 cm³/mol. The van der Waals surface area contributed by atoms with Gasteiger partial charge in [0.1, 0.15) is 5.92 Å². The Balaban J connectivity index is 1.48. The largest absolute Gasteiger partial charge is 0.326 e. The lowest BCUT2D eigenvalue weighted by molar-refractivity contribution is -0.129. The Morgan fingerprint density at radius 3 is 2.63 bits per heavy atom. The molecule has 30 heavy (non-hydrogen) atoms. The molecule has 2 heterocycles. The maximum Gasteiger partial charge on any atom is 0.239 e. The van der Waals surface area contributed by atoms with Crippen molar-refractivity contribution in [3.8, 4) is 0 Å². The number of nitrogens with zero attached hydrogens (tertiary/aromatic N) is 2. The van der Waals surface area contributed by atoms with Crippen LogP contribution in [-0.4, -0.2) is 29.3 Å². The molecule has 1 atom stereocenters. The Morgan fingerprint density at radius 1 is 1.10 bits per heavy atom. The minimum Gasteiger partial charge on any atom is -0.326 e. The van der Waals surface area contributed by atoms with Crippen LogP contribution in [0.25, 0.3) is 10.2 Å². The van der Waals surface area contributed by atoms with Crippen molar-refractivity contribution in [1.82, 2.24) is 4.98 Å². The summed E-state index contributed by atoms with van der Waals surface area (Å²) in [5.41, 5.74) is 4.49. The van der Waals surface area contributed by atoms with Gasteiger partial charge >= 0.3 is 0 Å². The summed E-state index contributed by atoms with van der Waals surface area (Å²) in [6.07, 6.45) is 0.467. The van der Waals surface area contributed by atoms with Gasteiger partial charge in [0.05, 0.1) is 10.2 Å². The third-order valence-corrected chi connectivity index (χ3v) is 6.20. The lowest BCUT2D eigenvalue weighted by Gasteiger charge is -2.18. The van der Waals surface area contributed by atoms with Crippen molar-refractivity contribution in [2.75, 3.05) is 22.1 Å². The molecule has 1 aliphatic rings. The number of thiazole rings is 1. The zero-order chi connectivity index (χ0) is 21.4. The van der Waals surface area contributed by atoms with Gasteiger partial charge in [0.25, 0.3) is 0 Å². The monoisotopic (exact) mass is 422 g/mol. The molecule has 7 nitrogen and oxygen atoms in total. The number of fused-ring (bicyclic) bond motifs is 1. The molecule has 1 saturated heterocycles. The van der Waals surface area contributed by atoms with Crippen molar-refractivity contribution >= 4 is 55.8 Å². The first kappa shape index (κ1) is 20.0. The Hall–Kier alpha value is -3.26. The quantitative estimate of drug-likeness (QED) is 0.625. The van der Waals surface area contributed by atoms with Gasteiger partial charge in [-0.2, -0.15) is 0 Å². The maximum absolute atomic E-state index is 12.9. The summed E-state index contributed by atoms with van der Waals surface area (Å²) in [6.45, 7) is 5.99. The van der Waals surface area contributed by atoms with E-state index in [9.17, 15) is 14.4 Å². The molecular weight excluding hydrogens is 400 g/mol. The van der Waals surface area contributed by atoms with Crippen molar-refractivity contribution in [3.63, 3.8) is 0 Å². The highest BCUT2D eigenvalue weighted by molar-refractivity contribution is 7.22. The Labute approximate surface area is 178 Å². The summed E-state index contributed by atoms with van der Waals surface area (Å²) in [6, 6.07) is 11.2. The van der Waals surface area contributed by atoms with E-state index >= 15 is 0 Å². The van der Waals surface area contributed by atoms with E-state index in [0.717, 1.165) is 27.0 Å². The Bertz CT molecular complexity index is 1170. The van der Waals surface area contributed by atoms with E-state index in [1.54, 1.807) is 17.0 Å². The topological polar surface area (TPSA) is 91.4 Å². The third kappa shape index (κ3) is 3.91. The van der Waals surface area contributed by atoms with E-state index in [2.05, 4.69) is 15.6 Å². The van der Waals surface area contributed by atoms with Gasteiger partial charge in [-0.05, 0) is 61.7 Å². The molecule has 1 fully saturated rings. The van der Waals surface area contributed by atoms with Crippen LogP contribution >= 0.6 is 11.3 Å². The zero-order valence-corrected chi connectivity index (χ0v) is 17.8. The summed E-state index contributed by atoms with van der Waals surface area (Å²) in [7, 11) is 0. The molecule has 3 aromatic rings. The van der Waals surface area contributed by atoms with Crippen LogP contribution in [0.4, 0.5) is 16.5 Å². The molecule has 0 aliphatic carbocycles. The minimum atomic E-state index is -0.728. The standard InChI is InChI=1S/C22H22N4O3S/c1-12-4-6-16(10-13(12)2)26-9-8-17(21(26)29)20(28)25-22-24-18-7-5-15(23-14(3)27)11-19(18)30-22/h4-7,10-11,17H,8-9H2,1-3H3,(H,23,27)(H,24,25,28). The van der Waals surface area contributed by atoms with Gasteiger partial charge in [-0.15, -0.1) is 0 Å². The number of aryl methyl sites for hydroxylation is 2. The van der Waals surface area contributed by atoms with Crippen LogP contribution < -0.4 is 15.5 Å². The fourth-order valence-electron chi connectivity index (χ4n) is 3.52. The third-order valence-electron chi connectivity index (χ3n) is 5.26. The number of hydrogen-bond donors (Lipinski definition) is 2. The zero-order valence-electron chi connectivity index (χ0n) is 17.0. The molecule has 0 saturated carbocycles. The molecule has 154 valence electrons. The molecule has 0 spiro atoms. The number of benzene rings is 2. The normalized spacial score (nSPS) is 16.2. The molecular formula is C22H22N4O3S. The number of amides is 3. The summed E-state index contributed by atoms with van der Waals surface area (Å²) in [4.78, 5) is 42.9. The van der Waals surface area contributed by atoms with Crippen molar-refractivity contribution < 1.29 is 14.4 Å². The van der Waals surface area contributed by atoms with E-state index in [-0.39, 0.29) is 17.7 Å². The summed E-state index contributed by atoms with van der Waals surface area (Å²) in [5, 5.41) is 5.96. The average Bonchev–Trinajstić information content (AvgIpc) is 3.26. The van der Waals surface area contributed by atoms with Gasteiger partial charge in [0.2, 0.25) is 17.7 Å². The molecule has 1 aromatic heterocycles. The van der Waals surface area contributed by atoms with Gasteiger partial charge in [0.15, 0.2) is 5.13 Å². The summed E-state index contributed by atoms with van der Waals surface area (Å²) >= 11 is 1.31. The highest BCUT2D eigenvalue weighted by atomic mass is 32.1. The highest BCUT2D eigenvalue weighted by Gasteiger charge is 2.38. The summed E-state index contributed by atoms with van der Waals surface area (Å²) < 4.78 is 0.839. The highest BCUT2D eigenvalue weighted by Crippen LogP contribution is 2.31. The van der Waals surface area contributed by atoms with Gasteiger partial charge in [-0.3, -0.25) is 14.4 Å². The fraction of sp³-hybridized carbons (Fsp3) is 0.273. The van der Waals surface area contributed by atoms with Gasteiger partial charge in [0, 0.05) is 24.8 Å². The van der Waals surface area contributed by atoms with Crippen LogP contribution in [0.1, 0.15) is 24.5 Å². The molecule has 2 N–H and O–H groups in total. The van der Waals surface area contributed by atoms with Gasteiger partial charge < -0.3 is 15.5 Å². The van der Waals surface area contributed by atoms with Crippen molar-refractivity contribution in [1.29, 1.82) is 0 Å². The summed E-state index contributed by atoms with van der Waals surface area (Å²) in [5.74, 6) is -1.41. The number of aromatic nitrogens is 1. The van der Waals surface area contributed by atoms with Crippen molar-refractivity contribution in [2.45, 2.75) is 27.2 Å². The van der Waals surface area contributed by atoms with E-state index in [1.165, 1.54) is 18.3 Å². The lowest BCUT2D eigenvalue weighted by Crippen LogP contribution is -2.33. The number of rotatable bonds is 4. The smallest absolute Gasteiger partial charge is 0.239 e. The Kier molecular flexibility index (Phi) is 5.26. The maximum atomic E-state index is 12.9. The van der Waals surface area contributed by atoms with Gasteiger partial charge in [-0.25, -0.2) is 4.98 Å². The van der Waals surface area contributed by atoms with E-state index in [1.807, 2.05) is 38.1 Å².